The van der Waals surface area contributed by atoms with E-state index < -0.39 is 6.09 Å². The van der Waals surface area contributed by atoms with Gasteiger partial charge in [-0.2, -0.15) is 0 Å². The molecule has 1 aliphatic rings. The van der Waals surface area contributed by atoms with E-state index in [1.54, 1.807) is 25.4 Å². The van der Waals surface area contributed by atoms with Gasteiger partial charge in [-0.1, -0.05) is 0 Å². The molecule has 3 N–H and O–H groups in total. The van der Waals surface area contributed by atoms with Gasteiger partial charge in [0.1, 0.15) is 5.75 Å². The molecule has 0 atom stereocenters. The molecule has 2 amide bonds. The molecular formula is C22H27N3O4. The first-order valence-electron chi connectivity index (χ1n) is 9.90. The lowest BCUT2D eigenvalue weighted by Crippen LogP contribution is -2.34. The fourth-order valence-corrected chi connectivity index (χ4v) is 3.70. The van der Waals surface area contributed by atoms with Gasteiger partial charge in [-0.15, -0.1) is 0 Å². The first kappa shape index (κ1) is 20.6. The number of carbonyl (C=O) groups is 2. The van der Waals surface area contributed by atoms with Crippen molar-refractivity contribution >= 4 is 12.0 Å². The third-order valence-electron chi connectivity index (χ3n) is 5.47. The summed E-state index contributed by atoms with van der Waals surface area (Å²) in [6, 6.07) is 11.1. The lowest BCUT2D eigenvalue weighted by Gasteiger charge is -2.28. The zero-order valence-electron chi connectivity index (χ0n) is 16.6. The molecular weight excluding hydrogens is 370 g/mol. The SMILES string of the molecule is COc1ccc(-c2cc(C(=O)NCC3CCC(CNC(=O)O)CC3)ccn2)cc1. The van der Waals surface area contributed by atoms with E-state index >= 15 is 0 Å². The number of benzene rings is 1. The van der Waals surface area contributed by atoms with Crippen molar-refractivity contribution in [3.05, 3.63) is 48.2 Å². The standard InChI is InChI=1S/C22H27N3O4/c1-29-19-8-6-17(7-9-19)20-12-18(10-11-23-20)21(26)24-13-15-2-4-16(5-3-15)14-25-22(27)28/h6-12,15-16,25H,2-5,13-14H2,1H3,(H,24,26)(H,27,28). The van der Waals surface area contributed by atoms with Crippen molar-refractivity contribution in [3.8, 4) is 17.0 Å². The van der Waals surface area contributed by atoms with E-state index in [1.807, 2.05) is 24.3 Å². The summed E-state index contributed by atoms with van der Waals surface area (Å²) in [6.45, 7) is 1.15. The fourth-order valence-electron chi connectivity index (χ4n) is 3.70. The Morgan fingerprint density at radius 2 is 1.66 bits per heavy atom. The van der Waals surface area contributed by atoms with E-state index in [4.69, 9.17) is 9.84 Å². The Morgan fingerprint density at radius 3 is 2.24 bits per heavy atom. The van der Waals surface area contributed by atoms with Crippen LogP contribution in [0.15, 0.2) is 42.6 Å². The minimum absolute atomic E-state index is 0.100. The van der Waals surface area contributed by atoms with Crippen LogP contribution in [0.3, 0.4) is 0 Å². The van der Waals surface area contributed by atoms with Crippen molar-refractivity contribution in [1.82, 2.24) is 15.6 Å². The summed E-state index contributed by atoms with van der Waals surface area (Å²) in [5, 5.41) is 14.2. The highest BCUT2D eigenvalue weighted by Crippen LogP contribution is 2.28. The van der Waals surface area contributed by atoms with Crippen LogP contribution in [0.4, 0.5) is 4.79 Å². The van der Waals surface area contributed by atoms with Crippen LogP contribution in [0.2, 0.25) is 0 Å². The first-order valence-corrected chi connectivity index (χ1v) is 9.90. The number of hydrogen-bond acceptors (Lipinski definition) is 4. The van der Waals surface area contributed by atoms with Crippen LogP contribution < -0.4 is 15.4 Å². The van der Waals surface area contributed by atoms with Gasteiger partial charge >= 0.3 is 6.09 Å². The number of carboxylic acid groups (broad SMARTS) is 1. The predicted molar refractivity (Wildman–Crippen MR) is 110 cm³/mol. The number of ether oxygens (including phenoxy) is 1. The Morgan fingerprint density at radius 1 is 1.03 bits per heavy atom. The number of rotatable bonds is 7. The molecule has 1 aliphatic carbocycles. The molecule has 0 radical (unpaired) electrons. The molecule has 1 heterocycles. The third kappa shape index (κ3) is 5.94. The second kappa shape index (κ2) is 9.91. The molecule has 3 rings (SSSR count). The van der Waals surface area contributed by atoms with Crippen molar-refractivity contribution in [1.29, 1.82) is 0 Å². The van der Waals surface area contributed by atoms with E-state index in [0.29, 0.717) is 30.5 Å². The van der Waals surface area contributed by atoms with Gasteiger partial charge in [0, 0.05) is 30.4 Å². The highest BCUT2D eigenvalue weighted by Gasteiger charge is 2.22. The van der Waals surface area contributed by atoms with Gasteiger partial charge in [0.05, 0.1) is 12.8 Å². The molecule has 1 saturated carbocycles. The summed E-state index contributed by atoms with van der Waals surface area (Å²) in [4.78, 5) is 27.5. The van der Waals surface area contributed by atoms with Crippen LogP contribution >= 0.6 is 0 Å². The average Bonchev–Trinajstić information content (AvgIpc) is 2.77. The number of aromatic nitrogens is 1. The van der Waals surface area contributed by atoms with Crippen LogP contribution in [0.1, 0.15) is 36.0 Å². The summed E-state index contributed by atoms with van der Waals surface area (Å²) in [5.74, 6) is 1.50. The summed E-state index contributed by atoms with van der Waals surface area (Å²) >= 11 is 0. The number of pyridine rings is 1. The van der Waals surface area contributed by atoms with Gasteiger partial charge in [-0.05, 0) is 73.9 Å². The van der Waals surface area contributed by atoms with Gasteiger partial charge in [0.2, 0.25) is 0 Å². The number of methoxy groups -OCH3 is 1. The smallest absolute Gasteiger partial charge is 0.404 e. The lowest BCUT2D eigenvalue weighted by molar-refractivity contribution is 0.0940. The quantitative estimate of drug-likeness (QED) is 0.663. The zero-order valence-corrected chi connectivity index (χ0v) is 16.6. The van der Waals surface area contributed by atoms with Gasteiger partial charge in [-0.3, -0.25) is 9.78 Å². The first-order chi connectivity index (χ1) is 14.0. The van der Waals surface area contributed by atoms with E-state index in [1.165, 1.54) is 0 Å². The van der Waals surface area contributed by atoms with Crippen molar-refractivity contribution in [2.24, 2.45) is 11.8 Å². The van der Waals surface area contributed by atoms with Crippen molar-refractivity contribution in [2.75, 3.05) is 20.2 Å². The highest BCUT2D eigenvalue weighted by molar-refractivity contribution is 5.95. The van der Waals surface area contributed by atoms with Crippen molar-refractivity contribution in [3.63, 3.8) is 0 Å². The molecule has 0 bridgehead atoms. The fraction of sp³-hybridized carbons (Fsp3) is 0.409. The lowest BCUT2D eigenvalue weighted by atomic mass is 9.82. The number of nitrogens with zero attached hydrogens (tertiary/aromatic N) is 1. The summed E-state index contributed by atoms with van der Waals surface area (Å²) in [6.07, 6.45) is 4.65. The third-order valence-corrected chi connectivity index (χ3v) is 5.47. The molecule has 7 nitrogen and oxygen atoms in total. The largest absolute Gasteiger partial charge is 0.497 e. The average molecular weight is 397 g/mol. The van der Waals surface area contributed by atoms with Gasteiger partial charge in [-0.25, -0.2) is 4.79 Å². The number of carbonyl (C=O) groups excluding carboxylic acids is 1. The molecule has 0 spiro atoms. The second-order valence-corrected chi connectivity index (χ2v) is 7.44. The number of amides is 2. The van der Waals surface area contributed by atoms with Gasteiger partial charge in [0.15, 0.2) is 0 Å². The molecule has 0 aliphatic heterocycles. The molecule has 7 heteroatoms. The minimum Gasteiger partial charge on any atom is -0.497 e. The maximum absolute atomic E-state index is 12.6. The van der Waals surface area contributed by atoms with Crippen LogP contribution in [-0.2, 0) is 0 Å². The minimum atomic E-state index is -0.967. The van der Waals surface area contributed by atoms with Crippen molar-refractivity contribution < 1.29 is 19.4 Å². The number of hydrogen-bond donors (Lipinski definition) is 3. The predicted octanol–water partition coefficient (Wildman–Crippen LogP) is 3.56. The molecule has 1 aromatic heterocycles. The Kier molecular flexibility index (Phi) is 7.05. The van der Waals surface area contributed by atoms with Crippen LogP contribution in [-0.4, -0.2) is 42.3 Å². The Bertz CT molecular complexity index is 830. The molecule has 0 unspecified atom stereocenters. The van der Waals surface area contributed by atoms with Crippen LogP contribution in [0.5, 0.6) is 5.75 Å². The van der Waals surface area contributed by atoms with Gasteiger partial charge < -0.3 is 20.5 Å². The summed E-state index contributed by atoms with van der Waals surface area (Å²) in [5.41, 5.74) is 2.26. The van der Waals surface area contributed by atoms with E-state index in [2.05, 4.69) is 15.6 Å². The highest BCUT2D eigenvalue weighted by atomic mass is 16.5. The van der Waals surface area contributed by atoms with Crippen LogP contribution in [0.25, 0.3) is 11.3 Å². The molecule has 29 heavy (non-hydrogen) atoms. The summed E-state index contributed by atoms with van der Waals surface area (Å²) < 4.78 is 5.17. The topological polar surface area (TPSA) is 101 Å². The maximum Gasteiger partial charge on any atom is 0.404 e. The van der Waals surface area contributed by atoms with E-state index in [-0.39, 0.29) is 5.91 Å². The van der Waals surface area contributed by atoms with Gasteiger partial charge in [0.25, 0.3) is 5.91 Å². The Hall–Kier alpha value is -3.09. The van der Waals surface area contributed by atoms with E-state index in [9.17, 15) is 9.59 Å². The second-order valence-electron chi connectivity index (χ2n) is 7.44. The number of nitrogens with one attached hydrogen (secondary N) is 2. The molecule has 0 saturated heterocycles. The Balaban J connectivity index is 1.50. The zero-order chi connectivity index (χ0) is 20.6. The molecule has 154 valence electrons. The van der Waals surface area contributed by atoms with E-state index in [0.717, 1.165) is 42.7 Å². The molecule has 2 aromatic rings. The maximum atomic E-state index is 12.6. The van der Waals surface area contributed by atoms with Crippen molar-refractivity contribution in [2.45, 2.75) is 25.7 Å². The normalized spacial score (nSPS) is 18.7. The molecule has 1 aromatic carbocycles. The van der Waals surface area contributed by atoms with Crippen LogP contribution in [0, 0.1) is 11.8 Å². The molecule has 1 fully saturated rings. The monoisotopic (exact) mass is 397 g/mol. The Labute approximate surface area is 170 Å². The summed E-state index contributed by atoms with van der Waals surface area (Å²) in [7, 11) is 1.62.